The van der Waals surface area contributed by atoms with Gasteiger partial charge in [0.2, 0.25) is 0 Å². The molecule has 35 heavy (non-hydrogen) atoms. The maximum Gasteiger partial charge on any atom is 0.494 e. The molecular weight excluding hydrogens is 431 g/mol. The summed E-state index contributed by atoms with van der Waals surface area (Å²) < 4.78 is 19.4. The van der Waals surface area contributed by atoms with Crippen molar-refractivity contribution in [1.29, 1.82) is 0 Å². The van der Waals surface area contributed by atoms with Gasteiger partial charge in [-0.05, 0) is 80.4 Å². The highest BCUT2D eigenvalue weighted by atomic mass is 16.7. The standard InChI is InChI=1S/C31H29BO3/c1-29(2)30(3,4)35-32(34-29)20-17-18-28-26(19-20)31(25-15-9-10-16-27(25)33-28)23-13-7-5-11-21(23)22-12-6-8-14-24(22)31/h5-7,9-13,15-19H,8,14H2,1-4H3. The third kappa shape index (κ3) is 2.70. The number of allylic oxidation sites excluding steroid dienone is 4. The van der Waals surface area contributed by atoms with Gasteiger partial charge in [-0.2, -0.15) is 0 Å². The molecule has 0 N–H and O–H groups in total. The second-order valence-corrected chi connectivity index (χ2v) is 11.1. The van der Waals surface area contributed by atoms with Crippen molar-refractivity contribution >= 4 is 18.2 Å². The molecule has 3 aromatic rings. The summed E-state index contributed by atoms with van der Waals surface area (Å²) >= 11 is 0. The monoisotopic (exact) mass is 460 g/mol. The van der Waals surface area contributed by atoms with Crippen molar-refractivity contribution in [3.63, 3.8) is 0 Å². The van der Waals surface area contributed by atoms with E-state index in [0.29, 0.717) is 0 Å². The SMILES string of the molecule is CC1(C)OB(c2ccc3c(c2)C2(C4=C(C=CCC4)c4ccccc42)c2ccccc2O3)OC1(C)C. The Kier molecular flexibility index (Phi) is 4.24. The van der Waals surface area contributed by atoms with Gasteiger partial charge in [-0.1, -0.05) is 66.7 Å². The van der Waals surface area contributed by atoms with Crippen LogP contribution >= 0.6 is 0 Å². The van der Waals surface area contributed by atoms with Gasteiger partial charge in [0, 0.05) is 11.1 Å². The van der Waals surface area contributed by atoms with Gasteiger partial charge in [0.15, 0.2) is 0 Å². The van der Waals surface area contributed by atoms with Gasteiger partial charge in [-0.3, -0.25) is 0 Å². The molecule has 2 heterocycles. The Morgan fingerprint density at radius 3 is 2.23 bits per heavy atom. The molecule has 1 saturated heterocycles. The van der Waals surface area contributed by atoms with Crippen LogP contribution in [0.4, 0.5) is 0 Å². The summed E-state index contributed by atoms with van der Waals surface area (Å²) in [7, 11) is -0.420. The van der Waals surface area contributed by atoms with E-state index in [0.717, 1.165) is 29.8 Å². The Morgan fingerprint density at radius 1 is 0.743 bits per heavy atom. The van der Waals surface area contributed by atoms with Crippen molar-refractivity contribution < 1.29 is 14.0 Å². The molecule has 1 unspecified atom stereocenters. The van der Waals surface area contributed by atoms with Gasteiger partial charge in [-0.25, -0.2) is 0 Å². The maximum atomic E-state index is 6.54. The highest BCUT2D eigenvalue weighted by molar-refractivity contribution is 6.62. The number of hydrogen-bond donors (Lipinski definition) is 0. The van der Waals surface area contributed by atoms with Gasteiger partial charge in [0.05, 0.1) is 16.6 Å². The van der Waals surface area contributed by atoms with Gasteiger partial charge in [-0.15, -0.1) is 0 Å². The zero-order valence-electron chi connectivity index (χ0n) is 20.7. The molecule has 0 saturated carbocycles. The molecule has 3 aromatic carbocycles. The van der Waals surface area contributed by atoms with Crippen LogP contribution in [0.15, 0.2) is 84.5 Å². The first-order valence-corrected chi connectivity index (χ1v) is 12.6. The molecule has 7 rings (SSSR count). The quantitative estimate of drug-likeness (QED) is 0.386. The first kappa shape index (κ1) is 21.2. The fourth-order valence-electron chi connectivity index (χ4n) is 6.31. The summed E-state index contributed by atoms with van der Waals surface area (Å²) in [5.74, 6) is 1.84. The van der Waals surface area contributed by atoms with Gasteiger partial charge >= 0.3 is 7.12 Å². The largest absolute Gasteiger partial charge is 0.494 e. The van der Waals surface area contributed by atoms with Crippen LogP contribution in [0.5, 0.6) is 11.5 Å². The molecule has 3 nitrogen and oxygen atoms in total. The average molecular weight is 460 g/mol. The third-order valence-corrected chi connectivity index (χ3v) is 8.69. The van der Waals surface area contributed by atoms with Gasteiger partial charge in [0.25, 0.3) is 0 Å². The van der Waals surface area contributed by atoms with Crippen LogP contribution < -0.4 is 10.2 Å². The lowest BCUT2D eigenvalue weighted by molar-refractivity contribution is 0.00578. The van der Waals surface area contributed by atoms with Crippen LogP contribution in [-0.2, 0) is 14.7 Å². The normalized spacial score (nSPS) is 24.6. The second kappa shape index (κ2) is 6.99. The van der Waals surface area contributed by atoms with Gasteiger partial charge in [0.1, 0.15) is 11.5 Å². The van der Waals surface area contributed by atoms with E-state index in [4.69, 9.17) is 14.0 Å². The first-order chi connectivity index (χ1) is 16.8. The van der Waals surface area contributed by atoms with Crippen LogP contribution in [0.3, 0.4) is 0 Å². The van der Waals surface area contributed by atoms with Crippen molar-refractivity contribution in [2.45, 2.75) is 57.2 Å². The Morgan fingerprint density at radius 2 is 1.43 bits per heavy atom. The molecule has 1 atom stereocenters. The van der Waals surface area contributed by atoms with Crippen LogP contribution in [0.1, 0.15) is 62.8 Å². The fourth-order valence-corrected chi connectivity index (χ4v) is 6.31. The predicted molar refractivity (Wildman–Crippen MR) is 140 cm³/mol. The van der Waals surface area contributed by atoms with Crippen molar-refractivity contribution in [2.24, 2.45) is 0 Å². The van der Waals surface area contributed by atoms with E-state index >= 15 is 0 Å². The lowest BCUT2D eigenvalue weighted by atomic mass is 9.62. The topological polar surface area (TPSA) is 27.7 Å². The maximum absolute atomic E-state index is 6.54. The molecular formula is C31H29BO3. The molecule has 0 bridgehead atoms. The Hall–Kier alpha value is -3.08. The predicted octanol–water partition coefficient (Wildman–Crippen LogP) is 6.54. The van der Waals surface area contributed by atoms with E-state index in [1.165, 1.54) is 33.4 Å². The molecule has 0 radical (unpaired) electrons. The lowest BCUT2D eigenvalue weighted by Gasteiger charge is -2.41. The van der Waals surface area contributed by atoms with E-state index in [1.807, 2.05) is 0 Å². The number of para-hydroxylation sites is 1. The second-order valence-electron chi connectivity index (χ2n) is 11.1. The van der Waals surface area contributed by atoms with Crippen LogP contribution in [-0.4, -0.2) is 18.3 Å². The Balaban J connectivity index is 1.51. The van der Waals surface area contributed by atoms with E-state index in [-0.39, 0.29) is 5.41 Å². The van der Waals surface area contributed by atoms with Gasteiger partial charge < -0.3 is 14.0 Å². The fraction of sp³-hybridized carbons (Fsp3) is 0.290. The van der Waals surface area contributed by atoms with Crippen LogP contribution in [0.2, 0.25) is 0 Å². The number of rotatable bonds is 1. The minimum atomic E-state index is -0.420. The highest BCUT2D eigenvalue weighted by Crippen LogP contribution is 2.62. The molecule has 1 spiro atoms. The molecule has 174 valence electrons. The van der Waals surface area contributed by atoms with Crippen molar-refractivity contribution in [3.8, 4) is 11.5 Å². The van der Waals surface area contributed by atoms with Crippen LogP contribution in [0, 0.1) is 0 Å². The number of hydrogen-bond acceptors (Lipinski definition) is 3. The Bertz CT molecular complexity index is 1430. The molecule has 4 heteroatoms. The van der Waals surface area contributed by atoms with Crippen LogP contribution in [0.25, 0.3) is 5.57 Å². The van der Waals surface area contributed by atoms with Crippen molar-refractivity contribution in [3.05, 3.63) is 107 Å². The molecule has 0 aromatic heterocycles. The van der Waals surface area contributed by atoms with E-state index in [2.05, 4.69) is 107 Å². The average Bonchev–Trinajstić information content (AvgIpc) is 3.27. The van der Waals surface area contributed by atoms with E-state index < -0.39 is 18.3 Å². The summed E-state index contributed by atoms with van der Waals surface area (Å²) in [6.07, 6.45) is 6.70. The molecule has 1 fully saturated rings. The van der Waals surface area contributed by atoms with E-state index in [9.17, 15) is 0 Å². The minimum absolute atomic E-state index is 0.388. The number of benzene rings is 3. The minimum Gasteiger partial charge on any atom is -0.457 e. The first-order valence-electron chi connectivity index (χ1n) is 12.6. The lowest BCUT2D eigenvalue weighted by Crippen LogP contribution is -2.41. The summed E-state index contributed by atoms with van der Waals surface area (Å²) in [5, 5.41) is 0. The molecule has 4 aliphatic rings. The molecule has 2 aliphatic heterocycles. The summed E-state index contributed by atoms with van der Waals surface area (Å²) in [6.45, 7) is 8.41. The third-order valence-electron chi connectivity index (χ3n) is 8.69. The number of fused-ring (bicyclic) bond motifs is 8. The Labute approximate surface area is 207 Å². The number of ether oxygens (including phenoxy) is 1. The van der Waals surface area contributed by atoms with E-state index in [1.54, 1.807) is 0 Å². The zero-order chi connectivity index (χ0) is 24.0. The summed E-state index contributed by atoms with van der Waals surface area (Å²) in [6, 6.07) is 23.9. The highest BCUT2D eigenvalue weighted by Gasteiger charge is 2.54. The zero-order valence-corrected chi connectivity index (χ0v) is 20.7. The van der Waals surface area contributed by atoms with Crippen molar-refractivity contribution in [1.82, 2.24) is 0 Å². The smallest absolute Gasteiger partial charge is 0.457 e. The molecule has 0 amide bonds. The molecule has 2 aliphatic carbocycles. The van der Waals surface area contributed by atoms with Crippen molar-refractivity contribution in [2.75, 3.05) is 0 Å². The summed E-state index contributed by atoms with van der Waals surface area (Å²) in [4.78, 5) is 0. The summed E-state index contributed by atoms with van der Waals surface area (Å²) in [5.41, 5.74) is 7.73.